The van der Waals surface area contributed by atoms with E-state index in [1.165, 1.54) is 4.90 Å². The van der Waals surface area contributed by atoms with Crippen LogP contribution in [-0.2, 0) is 22.6 Å². The first-order valence-electron chi connectivity index (χ1n) is 10.9. The van der Waals surface area contributed by atoms with Crippen LogP contribution in [0, 0.1) is 0 Å². The van der Waals surface area contributed by atoms with Crippen molar-refractivity contribution >= 4 is 29.2 Å². The third kappa shape index (κ3) is 5.53. The van der Waals surface area contributed by atoms with Crippen LogP contribution in [0.15, 0.2) is 78.9 Å². The molecule has 0 radical (unpaired) electrons. The summed E-state index contributed by atoms with van der Waals surface area (Å²) in [5, 5.41) is 8.48. The standard InChI is InChI=1S/C26H26N4O4/c1-34-20-11-7-10-19(14-20)16-27-25(32)22(15-18-8-3-2-4-9-18)29-26(33)30-17-24(31)28-21-12-5-6-13-23(21)30/h2-14,22H,15-17H2,1H3,(H,27,32)(H,28,31)(H,29,33). The maximum Gasteiger partial charge on any atom is 0.323 e. The molecule has 4 amide bonds. The van der Waals surface area contributed by atoms with Gasteiger partial charge in [0.2, 0.25) is 11.8 Å². The third-order valence-corrected chi connectivity index (χ3v) is 5.51. The average Bonchev–Trinajstić information content (AvgIpc) is 2.87. The quantitative estimate of drug-likeness (QED) is 0.507. The maximum atomic E-state index is 13.2. The lowest BCUT2D eigenvalue weighted by Crippen LogP contribution is -2.54. The molecule has 1 aliphatic rings. The molecule has 3 aromatic carbocycles. The molecule has 0 spiro atoms. The topological polar surface area (TPSA) is 99.8 Å². The first-order chi connectivity index (χ1) is 16.5. The zero-order valence-corrected chi connectivity index (χ0v) is 18.8. The number of benzene rings is 3. The summed E-state index contributed by atoms with van der Waals surface area (Å²) in [4.78, 5) is 39.8. The van der Waals surface area contributed by atoms with Crippen LogP contribution in [0.5, 0.6) is 5.75 Å². The molecule has 0 fully saturated rings. The Morgan fingerprint density at radius 3 is 2.53 bits per heavy atom. The summed E-state index contributed by atoms with van der Waals surface area (Å²) >= 11 is 0. The fourth-order valence-electron chi connectivity index (χ4n) is 3.80. The van der Waals surface area contributed by atoms with E-state index in [0.29, 0.717) is 23.5 Å². The van der Waals surface area contributed by atoms with Gasteiger partial charge in [-0.3, -0.25) is 14.5 Å². The maximum absolute atomic E-state index is 13.2. The number of carbonyl (C=O) groups excluding carboxylic acids is 3. The molecule has 1 heterocycles. The van der Waals surface area contributed by atoms with Crippen molar-refractivity contribution in [2.75, 3.05) is 23.9 Å². The normalized spacial score (nSPS) is 13.3. The number of fused-ring (bicyclic) bond motifs is 1. The van der Waals surface area contributed by atoms with Crippen LogP contribution in [0.25, 0.3) is 0 Å². The molecular formula is C26H26N4O4. The van der Waals surface area contributed by atoms with E-state index in [1.54, 1.807) is 31.4 Å². The van der Waals surface area contributed by atoms with Gasteiger partial charge in [-0.2, -0.15) is 0 Å². The molecule has 0 aromatic heterocycles. The number of para-hydroxylation sites is 2. The number of hydrogen-bond acceptors (Lipinski definition) is 4. The van der Waals surface area contributed by atoms with E-state index >= 15 is 0 Å². The number of urea groups is 1. The van der Waals surface area contributed by atoms with E-state index in [9.17, 15) is 14.4 Å². The molecular weight excluding hydrogens is 432 g/mol. The zero-order valence-electron chi connectivity index (χ0n) is 18.8. The van der Waals surface area contributed by atoms with Crippen molar-refractivity contribution in [2.45, 2.75) is 19.0 Å². The fraction of sp³-hybridized carbons (Fsp3) is 0.192. The smallest absolute Gasteiger partial charge is 0.323 e. The summed E-state index contributed by atoms with van der Waals surface area (Å²) in [6.45, 7) is 0.151. The number of nitrogens with zero attached hydrogens (tertiary/aromatic N) is 1. The van der Waals surface area contributed by atoms with Gasteiger partial charge in [-0.1, -0.05) is 54.6 Å². The first-order valence-corrected chi connectivity index (χ1v) is 10.9. The molecule has 8 nitrogen and oxygen atoms in total. The summed E-state index contributed by atoms with van der Waals surface area (Å²) in [6, 6.07) is 22.6. The Balaban J connectivity index is 1.51. The minimum atomic E-state index is -0.836. The van der Waals surface area contributed by atoms with Crippen molar-refractivity contribution in [3.05, 3.63) is 90.0 Å². The Morgan fingerprint density at radius 1 is 1.00 bits per heavy atom. The summed E-state index contributed by atoms with van der Waals surface area (Å²) < 4.78 is 5.24. The van der Waals surface area contributed by atoms with Gasteiger partial charge in [0.25, 0.3) is 0 Å². The van der Waals surface area contributed by atoms with E-state index in [0.717, 1.165) is 11.1 Å². The van der Waals surface area contributed by atoms with Gasteiger partial charge in [0.15, 0.2) is 0 Å². The highest BCUT2D eigenvalue weighted by molar-refractivity contribution is 6.10. The van der Waals surface area contributed by atoms with Gasteiger partial charge in [-0.05, 0) is 35.4 Å². The number of anilines is 2. The largest absolute Gasteiger partial charge is 0.497 e. The van der Waals surface area contributed by atoms with Crippen LogP contribution in [-0.4, -0.2) is 37.5 Å². The van der Waals surface area contributed by atoms with Crippen LogP contribution < -0.4 is 25.6 Å². The highest BCUT2D eigenvalue weighted by Crippen LogP contribution is 2.28. The van der Waals surface area contributed by atoms with Crippen molar-refractivity contribution in [1.82, 2.24) is 10.6 Å². The minimum absolute atomic E-state index is 0.133. The molecule has 1 atom stereocenters. The second-order valence-electron chi connectivity index (χ2n) is 7.91. The molecule has 1 aliphatic heterocycles. The molecule has 0 bridgehead atoms. The molecule has 0 aliphatic carbocycles. The molecule has 3 N–H and O–H groups in total. The molecule has 3 aromatic rings. The third-order valence-electron chi connectivity index (χ3n) is 5.51. The van der Waals surface area contributed by atoms with Crippen LogP contribution in [0.2, 0.25) is 0 Å². The number of ether oxygens (including phenoxy) is 1. The molecule has 0 saturated carbocycles. The van der Waals surface area contributed by atoms with Crippen molar-refractivity contribution < 1.29 is 19.1 Å². The van der Waals surface area contributed by atoms with Gasteiger partial charge in [-0.15, -0.1) is 0 Å². The number of methoxy groups -OCH3 is 1. The number of nitrogens with one attached hydrogen (secondary N) is 3. The fourth-order valence-corrected chi connectivity index (χ4v) is 3.80. The Labute approximate surface area is 197 Å². The Bertz CT molecular complexity index is 1180. The van der Waals surface area contributed by atoms with Gasteiger partial charge in [-0.25, -0.2) is 4.79 Å². The van der Waals surface area contributed by atoms with Crippen molar-refractivity contribution in [2.24, 2.45) is 0 Å². The predicted molar refractivity (Wildman–Crippen MR) is 130 cm³/mol. The van der Waals surface area contributed by atoms with Crippen molar-refractivity contribution in [1.29, 1.82) is 0 Å². The monoisotopic (exact) mass is 458 g/mol. The highest BCUT2D eigenvalue weighted by atomic mass is 16.5. The number of rotatable bonds is 7. The first kappa shape index (κ1) is 22.8. The predicted octanol–water partition coefficient (Wildman–Crippen LogP) is 3.09. The SMILES string of the molecule is COc1cccc(CNC(=O)C(Cc2ccccc2)NC(=O)N2CC(=O)Nc3ccccc32)c1. The molecule has 34 heavy (non-hydrogen) atoms. The van der Waals surface area contributed by atoms with Crippen LogP contribution >= 0.6 is 0 Å². The lowest BCUT2D eigenvalue weighted by molar-refractivity contribution is -0.123. The summed E-state index contributed by atoms with van der Waals surface area (Å²) in [7, 11) is 1.59. The van der Waals surface area contributed by atoms with E-state index in [4.69, 9.17) is 4.74 Å². The van der Waals surface area contributed by atoms with Crippen LogP contribution in [0.1, 0.15) is 11.1 Å². The number of carbonyl (C=O) groups is 3. The second kappa shape index (κ2) is 10.5. The van der Waals surface area contributed by atoms with Crippen LogP contribution in [0.4, 0.5) is 16.2 Å². The highest BCUT2D eigenvalue weighted by Gasteiger charge is 2.30. The summed E-state index contributed by atoms with van der Waals surface area (Å²) in [5.74, 6) is 0.0774. The van der Waals surface area contributed by atoms with Crippen LogP contribution in [0.3, 0.4) is 0 Å². The summed E-state index contributed by atoms with van der Waals surface area (Å²) in [5.41, 5.74) is 2.91. The van der Waals surface area contributed by atoms with E-state index < -0.39 is 12.1 Å². The van der Waals surface area contributed by atoms with E-state index in [-0.39, 0.29) is 24.9 Å². The Morgan fingerprint density at radius 2 is 1.74 bits per heavy atom. The molecule has 0 saturated heterocycles. The lowest BCUT2D eigenvalue weighted by atomic mass is 10.0. The summed E-state index contributed by atoms with van der Waals surface area (Å²) in [6.07, 6.45) is 0.304. The van der Waals surface area contributed by atoms with Gasteiger partial charge in [0.05, 0.1) is 18.5 Å². The van der Waals surface area contributed by atoms with E-state index in [1.807, 2.05) is 54.6 Å². The molecule has 1 unspecified atom stereocenters. The lowest BCUT2D eigenvalue weighted by Gasteiger charge is -2.30. The number of amides is 4. The second-order valence-corrected chi connectivity index (χ2v) is 7.91. The Kier molecular flexibility index (Phi) is 7.07. The number of hydrogen-bond donors (Lipinski definition) is 3. The Hall–Kier alpha value is -4.33. The zero-order chi connectivity index (χ0) is 23.9. The van der Waals surface area contributed by atoms with Gasteiger partial charge >= 0.3 is 6.03 Å². The van der Waals surface area contributed by atoms with Crippen molar-refractivity contribution in [3.63, 3.8) is 0 Å². The van der Waals surface area contributed by atoms with E-state index in [2.05, 4.69) is 16.0 Å². The van der Waals surface area contributed by atoms with Gasteiger partial charge in [0.1, 0.15) is 18.3 Å². The van der Waals surface area contributed by atoms with Crippen molar-refractivity contribution in [3.8, 4) is 5.75 Å². The molecule has 174 valence electrons. The van der Waals surface area contributed by atoms with Gasteiger partial charge in [0, 0.05) is 13.0 Å². The average molecular weight is 459 g/mol. The molecule has 8 heteroatoms. The minimum Gasteiger partial charge on any atom is -0.497 e. The molecule has 4 rings (SSSR count). The van der Waals surface area contributed by atoms with Gasteiger partial charge < -0.3 is 20.7 Å².